The van der Waals surface area contributed by atoms with E-state index in [1.54, 1.807) is 12.1 Å². The minimum Gasteiger partial charge on any atom is -0.508 e. The molecule has 0 aromatic heterocycles. The van der Waals surface area contributed by atoms with Crippen LogP contribution in [0.25, 0.3) is 0 Å². The van der Waals surface area contributed by atoms with Crippen molar-refractivity contribution in [1.29, 1.82) is 0 Å². The van der Waals surface area contributed by atoms with E-state index in [1.165, 1.54) is 0 Å². The van der Waals surface area contributed by atoms with Gasteiger partial charge in [0.1, 0.15) is 18.1 Å². The van der Waals surface area contributed by atoms with Crippen molar-refractivity contribution < 1.29 is 19.4 Å². The Bertz CT molecular complexity index is 753. The van der Waals surface area contributed by atoms with Crippen LogP contribution in [0.2, 0.25) is 0 Å². The number of phenolic OH excluding ortho intramolecular Hbond substituents is 1. The lowest BCUT2D eigenvalue weighted by Gasteiger charge is -2.16. The first-order valence-electron chi connectivity index (χ1n) is 9.03. The number of phenols is 1. The van der Waals surface area contributed by atoms with Crippen LogP contribution in [0.4, 0.5) is 5.69 Å². The Kier molecular flexibility index (Phi) is 6.12. The molecule has 5 heteroatoms. The predicted molar refractivity (Wildman–Crippen MR) is 101 cm³/mol. The summed E-state index contributed by atoms with van der Waals surface area (Å²) < 4.78 is 11.5. The van der Waals surface area contributed by atoms with Crippen molar-refractivity contribution in [2.45, 2.75) is 38.7 Å². The summed E-state index contributed by atoms with van der Waals surface area (Å²) in [7, 11) is 0. The summed E-state index contributed by atoms with van der Waals surface area (Å²) in [5.41, 5.74) is 2.50. The lowest BCUT2D eigenvalue weighted by molar-refractivity contribution is -0.116. The first-order valence-corrected chi connectivity index (χ1v) is 9.03. The lowest BCUT2D eigenvalue weighted by atomic mass is 10.1. The van der Waals surface area contributed by atoms with Crippen LogP contribution in [0.1, 0.15) is 30.4 Å². The number of carbonyl (C=O) groups is 1. The fourth-order valence-corrected chi connectivity index (χ4v) is 2.99. The van der Waals surface area contributed by atoms with Crippen LogP contribution < -0.4 is 10.1 Å². The summed E-state index contributed by atoms with van der Waals surface area (Å²) in [6, 6.07) is 12.8. The van der Waals surface area contributed by atoms with Gasteiger partial charge in [-0.15, -0.1) is 0 Å². The average Bonchev–Trinajstić information content (AvgIpc) is 3.15. The molecule has 138 valence electrons. The molecule has 1 heterocycles. The second-order valence-corrected chi connectivity index (χ2v) is 6.62. The number of anilines is 1. The van der Waals surface area contributed by atoms with Gasteiger partial charge in [-0.2, -0.15) is 0 Å². The van der Waals surface area contributed by atoms with E-state index in [9.17, 15) is 9.90 Å². The quantitative estimate of drug-likeness (QED) is 0.792. The number of aryl methyl sites for hydroxylation is 2. The molecule has 1 saturated heterocycles. The number of hydrogen-bond acceptors (Lipinski definition) is 4. The van der Waals surface area contributed by atoms with Gasteiger partial charge in [0.15, 0.2) is 0 Å². The fraction of sp³-hybridized carbons (Fsp3) is 0.381. The second kappa shape index (κ2) is 8.72. The molecular weight excluding hydrogens is 330 g/mol. The minimum atomic E-state index is -0.112. The highest BCUT2D eigenvalue weighted by atomic mass is 16.5. The molecule has 26 heavy (non-hydrogen) atoms. The van der Waals surface area contributed by atoms with Crippen LogP contribution in [0.5, 0.6) is 11.5 Å². The highest BCUT2D eigenvalue weighted by molar-refractivity contribution is 5.92. The number of ether oxygens (including phenoxy) is 2. The summed E-state index contributed by atoms with van der Waals surface area (Å²) in [6.07, 6.45) is 2.97. The van der Waals surface area contributed by atoms with Gasteiger partial charge in [0.25, 0.3) is 0 Å². The Balaban J connectivity index is 1.59. The van der Waals surface area contributed by atoms with Crippen molar-refractivity contribution in [1.82, 2.24) is 0 Å². The molecule has 1 unspecified atom stereocenters. The molecule has 3 rings (SSSR count). The standard InChI is InChI=1S/C21H25NO4/c1-15-8-10-18(20(13-15)26-14-17-6-4-12-25-17)22-21(24)11-9-16-5-2-3-7-19(16)23/h2-3,5,7-8,10,13,17,23H,4,6,9,11-12,14H2,1H3,(H,22,24). The first kappa shape index (κ1) is 18.3. The van der Waals surface area contributed by atoms with Crippen molar-refractivity contribution in [3.63, 3.8) is 0 Å². The third kappa shape index (κ3) is 4.99. The molecule has 2 aromatic carbocycles. The van der Waals surface area contributed by atoms with E-state index in [4.69, 9.17) is 9.47 Å². The molecule has 0 aliphatic carbocycles. The zero-order chi connectivity index (χ0) is 18.4. The first-order chi connectivity index (χ1) is 12.6. The van der Waals surface area contributed by atoms with E-state index < -0.39 is 0 Å². The Morgan fingerprint density at radius 3 is 2.92 bits per heavy atom. The van der Waals surface area contributed by atoms with Crippen LogP contribution in [0.15, 0.2) is 42.5 Å². The predicted octanol–water partition coefficient (Wildman–Crippen LogP) is 3.83. The topological polar surface area (TPSA) is 67.8 Å². The number of nitrogens with one attached hydrogen (secondary N) is 1. The maximum absolute atomic E-state index is 12.3. The lowest BCUT2D eigenvalue weighted by Crippen LogP contribution is -2.18. The molecule has 0 bridgehead atoms. The fourth-order valence-electron chi connectivity index (χ4n) is 2.99. The van der Waals surface area contributed by atoms with Gasteiger partial charge in [-0.1, -0.05) is 24.3 Å². The Morgan fingerprint density at radius 1 is 1.31 bits per heavy atom. The number of carbonyl (C=O) groups excluding carboxylic acids is 1. The van der Waals surface area contributed by atoms with E-state index in [0.29, 0.717) is 24.5 Å². The van der Waals surface area contributed by atoms with E-state index in [1.807, 2.05) is 37.3 Å². The summed E-state index contributed by atoms with van der Waals surface area (Å²) in [4.78, 5) is 12.3. The van der Waals surface area contributed by atoms with Crippen LogP contribution in [0.3, 0.4) is 0 Å². The number of hydrogen-bond donors (Lipinski definition) is 2. The van der Waals surface area contributed by atoms with Gasteiger partial charge < -0.3 is 19.9 Å². The van der Waals surface area contributed by atoms with E-state index in [2.05, 4.69) is 5.32 Å². The van der Waals surface area contributed by atoms with Crippen LogP contribution in [-0.4, -0.2) is 30.3 Å². The van der Waals surface area contributed by atoms with Crippen LogP contribution in [-0.2, 0) is 16.0 Å². The number of aromatic hydroxyl groups is 1. The smallest absolute Gasteiger partial charge is 0.224 e. The maximum Gasteiger partial charge on any atom is 0.224 e. The maximum atomic E-state index is 12.3. The molecule has 1 aliphatic rings. The molecule has 1 aliphatic heterocycles. The number of para-hydroxylation sites is 1. The van der Waals surface area contributed by atoms with Gasteiger partial charge in [0, 0.05) is 13.0 Å². The molecule has 2 N–H and O–H groups in total. The van der Waals surface area contributed by atoms with Gasteiger partial charge in [-0.05, 0) is 55.5 Å². The molecule has 0 radical (unpaired) electrons. The number of rotatable bonds is 7. The molecule has 0 saturated carbocycles. The van der Waals surface area contributed by atoms with E-state index >= 15 is 0 Å². The van der Waals surface area contributed by atoms with Gasteiger partial charge in [-0.3, -0.25) is 4.79 Å². The van der Waals surface area contributed by atoms with Gasteiger partial charge in [0.2, 0.25) is 5.91 Å². The average molecular weight is 355 g/mol. The second-order valence-electron chi connectivity index (χ2n) is 6.62. The molecule has 1 atom stereocenters. The van der Waals surface area contributed by atoms with Crippen molar-refractivity contribution in [3.8, 4) is 11.5 Å². The molecule has 5 nitrogen and oxygen atoms in total. The zero-order valence-corrected chi connectivity index (χ0v) is 15.0. The molecule has 2 aromatic rings. The van der Waals surface area contributed by atoms with Crippen molar-refractivity contribution in [3.05, 3.63) is 53.6 Å². The molecule has 0 spiro atoms. The van der Waals surface area contributed by atoms with Gasteiger partial charge in [0.05, 0.1) is 11.8 Å². The highest BCUT2D eigenvalue weighted by Gasteiger charge is 2.17. The van der Waals surface area contributed by atoms with Crippen molar-refractivity contribution in [2.75, 3.05) is 18.5 Å². The van der Waals surface area contributed by atoms with Gasteiger partial charge >= 0.3 is 0 Å². The SMILES string of the molecule is Cc1ccc(NC(=O)CCc2ccccc2O)c(OCC2CCCO2)c1. The largest absolute Gasteiger partial charge is 0.508 e. The van der Waals surface area contributed by atoms with Gasteiger partial charge in [-0.25, -0.2) is 0 Å². The Morgan fingerprint density at radius 2 is 2.15 bits per heavy atom. The number of benzene rings is 2. The normalized spacial score (nSPS) is 16.4. The molecule has 1 fully saturated rings. The molecular formula is C21H25NO4. The van der Waals surface area contributed by atoms with Crippen LogP contribution >= 0.6 is 0 Å². The third-order valence-corrected chi connectivity index (χ3v) is 4.47. The summed E-state index contributed by atoms with van der Waals surface area (Å²) in [5, 5.41) is 12.7. The minimum absolute atomic E-state index is 0.112. The Hall–Kier alpha value is -2.53. The van der Waals surface area contributed by atoms with Crippen LogP contribution in [0, 0.1) is 6.92 Å². The zero-order valence-electron chi connectivity index (χ0n) is 15.0. The summed E-state index contributed by atoms with van der Waals surface area (Å²) in [6.45, 7) is 3.27. The monoisotopic (exact) mass is 355 g/mol. The van der Waals surface area contributed by atoms with Crippen molar-refractivity contribution >= 4 is 11.6 Å². The van der Waals surface area contributed by atoms with Crippen molar-refractivity contribution in [2.24, 2.45) is 0 Å². The summed E-state index contributed by atoms with van der Waals surface area (Å²) >= 11 is 0. The number of amides is 1. The summed E-state index contributed by atoms with van der Waals surface area (Å²) in [5.74, 6) is 0.770. The third-order valence-electron chi connectivity index (χ3n) is 4.47. The molecule has 1 amide bonds. The Labute approximate surface area is 153 Å². The van der Waals surface area contributed by atoms with E-state index in [-0.39, 0.29) is 24.2 Å². The van der Waals surface area contributed by atoms with E-state index in [0.717, 1.165) is 30.6 Å². The highest BCUT2D eigenvalue weighted by Crippen LogP contribution is 2.27.